The van der Waals surface area contributed by atoms with E-state index in [-0.39, 0.29) is 23.7 Å². The molecule has 1 aromatic heterocycles. The zero-order valence-corrected chi connectivity index (χ0v) is 22.5. The van der Waals surface area contributed by atoms with Crippen molar-refractivity contribution in [3.63, 3.8) is 0 Å². The largest absolute Gasteiger partial charge is 0.369 e. The normalized spacial score (nSPS) is 15.9. The van der Waals surface area contributed by atoms with Gasteiger partial charge in [0.05, 0.1) is 34.7 Å². The molecule has 204 valence electrons. The molecule has 0 aliphatic carbocycles. The molecule has 11 heteroatoms. The van der Waals surface area contributed by atoms with E-state index in [4.69, 9.17) is 0 Å². The molecule has 1 atom stereocenters. The number of amides is 1. The summed E-state index contributed by atoms with van der Waals surface area (Å²) in [6, 6.07) is 18.4. The molecule has 9 nitrogen and oxygen atoms in total. The first-order chi connectivity index (χ1) is 18.8. The van der Waals surface area contributed by atoms with Crippen LogP contribution in [0.3, 0.4) is 0 Å². The van der Waals surface area contributed by atoms with Gasteiger partial charge in [-0.1, -0.05) is 30.3 Å². The van der Waals surface area contributed by atoms with Gasteiger partial charge >= 0.3 is 0 Å². The van der Waals surface area contributed by atoms with Crippen LogP contribution in [-0.4, -0.2) is 68.1 Å². The van der Waals surface area contributed by atoms with Gasteiger partial charge in [0.15, 0.2) is 0 Å². The zero-order chi connectivity index (χ0) is 27.8. The second kappa shape index (κ2) is 12.8. The van der Waals surface area contributed by atoms with Gasteiger partial charge in [0.2, 0.25) is 10.0 Å². The van der Waals surface area contributed by atoms with Crippen molar-refractivity contribution in [3.8, 4) is 17.3 Å². The minimum atomic E-state index is -3.41. The number of carbonyl (C=O) groups is 1. The lowest BCUT2D eigenvalue weighted by Crippen LogP contribution is -2.57. The Labute approximate surface area is 228 Å². The number of hydrogen-bond donors (Lipinski definition) is 3. The molecule has 1 aliphatic rings. The molecule has 2 aromatic carbocycles. The zero-order valence-electron chi connectivity index (χ0n) is 21.7. The van der Waals surface area contributed by atoms with Crippen LogP contribution in [-0.2, 0) is 16.4 Å². The second-order valence-electron chi connectivity index (χ2n) is 9.14. The standard InChI is InChI=1S/C28H31FN6O3S/c1-2-39(37,38)35-15-14-31-18-23(35)19-33-28(36)25-10-11-26(24-9-4-3-7-21(24)17-30)34-27(25)32-13-12-20-6-5-8-22(29)16-20/h3-11,16,23,31H,2,12-15,18-19H2,1H3,(H,32,34)(H,33,36)/t23-/m1/s1. The molecule has 0 spiro atoms. The molecule has 0 saturated carbocycles. The van der Waals surface area contributed by atoms with Gasteiger partial charge in [-0.2, -0.15) is 9.57 Å². The molecule has 0 radical (unpaired) electrons. The van der Waals surface area contributed by atoms with E-state index >= 15 is 0 Å². The van der Waals surface area contributed by atoms with Crippen LogP contribution in [0, 0.1) is 17.1 Å². The quantitative estimate of drug-likeness (QED) is 0.354. The maximum absolute atomic E-state index is 13.6. The van der Waals surface area contributed by atoms with Crippen LogP contribution in [0.15, 0.2) is 60.7 Å². The van der Waals surface area contributed by atoms with Gasteiger partial charge in [0.1, 0.15) is 11.6 Å². The van der Waals surface area contributed by atoms with Crippen molar-refractivity contribution < 1.29 is 17.6 Å². The molecule has 0 bridgehead atoms. The number of halogens is 1. The van der Waals surface area contributed by atoms with Crippen LogP contribution in [0.4, 0.5) is 10.2 Å². The van der Waals surface area contributed by atoms with Crippen molar-refractivity contribution >= 4 is 21.7 Å². The number of carbonyl (C=O) groups excluding carboxylic acids is 1. The molecule has 4 rings (SSSR count). The first-order valence-electron chi connectivity index (χ1n) is 12.8. The summed E-state index contributed by atoms with van der Waals surface area (Å²) in [7, 11) is -3.41. The summed E-state index contributed by atoms with van der Waals surface area (Å²) in [5, 5.41) is 18.8. The first-order valence-corrected chi connectivity index (χ1v) is 14.4. The summed E-state index contributed by atoms with van der Waals surface area (Å²) in [6.07, 6.45) is 0.497. The topological polar surface area (TPSA) is 127 Å². The van der Waals surface area contributed by atoms with E-state index in [0.29, 0.717) is 55.2 Å². The van der Waals surface area contributed by atoms with E-state index in [1.807, 2.05) is 12.1 Å². The lowest BCUT2D eigenvalue weighted by Gasteiger charge is -2.35. The number of nitriles is 1. The fourth-order valence-electron chi connectivity index (χ4n) is 4.50. The Kier molecular flexibility index (Phi) is 9.24. The fraction of sp³-hybridized carbons (Fsp3) is 0.321. The van der Waals surface area contributed by atoms with E-state index in [9.17, 15) is 22.9 Å². The molecule has 1 aliphatic heterocycles. The summed E-state index contributed by atoms with van der Waals surface area (Å²) in [5.74, 6) is -0.423. The highest BCUT2D eigenvalue weighted by Crippen LogP contribution is 2.25. The Morgan fingerprint density at radius 2 is 2.03 bits per heavy atom. The molecule has 0 unspecified atom stereocenters. The number of sulfonamides is 1. The van der Waals surface area contributed by atoms with Crippen LogP contribution in [0.25, 0.3) is 11.3 Å². The average Bonchev–Trinajstić information content (AvgIpc) is 2.96. The third kappa shape index (κ3) is 6.97. The smallest absolute Gasteiger partial charge is 0.255 e. The Morgan fingerprint density at radius 1 is 1.21 bits per heavy atom. The number of rotatable bonds is 10. The number of nitrogens with one attached hydrogen (secondary N) is 3. The van der Waals surface area contributed by atoms with Gasteiger partial charge in [-0.15, -0.1) is 0 Å². The van der Waals surface area contributed by atoms with Gasteiger partial charge < -0.3 is 16.0 Å². The van der Waals surface area contributed by atoms with Crippen LogP contribution in [0.5, 0.6) is 0 Å². The van der Waals surface area contributed by atoms with Crippen LogP contribution >= 0.6 is 0 Å². The van der Waals surface area contributed by atoms with Crippen molar-refractivity contribution in [2.75, 3.05) is 43.8 Å². The molecular weight excluding hydrogens is 519 g/mol. The number of aromatic nitrogens is 1. The summed E-state index contributed by atoms with van der Waals surface area (Å²) in [5.41, 5.74) is 2.68. The van der Waals surface area contributed by atoms with Gasteiger partial charge in [0.25, 0.3) is 5.91 Å². The van der Waals surface area contributed by atoms with Crippen LogP contribution in [0.2, 0.25) is 0 Å². The summed E-state index contributed by atoms with van der Waals surface area (Å²) in [4.78, 5) is 18.0. The van der Waals surface area contributed by atoms with E-state index in [2.05, 4.69) is 27.0 Å². The van der Waals surface area contributed by atoms with Gasteiger partial charge in [-0.3, -0.25) is 4.79 Å². The summed E-state index contributed by atoms with van der Waals surface area (Å²) >= 11 is 0. The predicted molar refractivity (Wildman–Crippen MR) is 148 cm³/mol. The summed E-state index contributed by atoms with van der Waals surface area (Å²) in [6.45, 7) is 3.45. The molecule has 1 saturated heterocycles. The molecule has 1 amide bonds. The van der Waals surface area contributed by atoms with E-state index in [1.165, 1.54) is 16.4 Å². The maximum atomic E-state index is 13.6. The molecular formula is C28H31FN6O3S. The number of anilines is 1. The SMILES string of the molecule is CCS(=O)(=O)N1CCNC[C@@H]1CNC(=O)c1ccc(-c2ccccc2C#N)nc1NCCc1cccc(F)c1. The van der Waals surface area contributed by atoms with E-state index in [1.54, 1.807) is 43.3 Å². The average molecular weight is 551 g/mol. The van der Waals surface area contributed by atoms with Crippen LogP contribution in [0.1, 0.15) is 28.4 Å². The van der Waals surface area contributed by atoms with Gasteiger partial charge in [-0.25, -0.2) is 17.8 Å². The molecule has 3 aromatic rings. The second-order valence-corrected chi connectivity index (χ2v) is 11.3. The first kappa shape index (κ1) is 28.2. The highest BCUT2D eigenvalue weighted by atomic mass is 32.2. The lowest BCUT2D eigenvalue weighted by molar-refractivity contribution is 0.0942. The third-order valence-electron chi connectivity index (χ3n) is 6.58. The minimum absolute atomic E-state index is 0.00756. The maximum Gasteiger partial charge on any atom is 0.255 e. The van der Waals surface area contributed by atoms with E-state index < -0.39 is 22.0 Å². The monoisotopic (exact) mass is 550 g/mol. The van der Waals surface area contributed by atoms with Crippen molar-refractivity contribution in [2.45, 2.75) is 19.4 Å². The van der Waals surface area contributed by atoms with Crippen molar-refractivity contribution in [2.24, 2.45) is 0 Å². The molecule has 39 heavy (non-hydrogen) atoms. The Morgan fingerprint density at radius 3 is 2.79 bits per heavy atom. The Bertz CT molecular complexity index is 1470. The van der Waals surface area contributed by atoms with Crippen molar-refractivity contribution in [1.29, 1.82) is 5.26 Å². The molecule has 2 heterocycles. The number of benzene rings is 2. The fourth-order valence-corrected chi connectivity index (χ4v) is 5.81. The Balaban J connectivity index is 1.56. The van der Waals surface area contributed by atoms with Crippen molar-refractivity contribution in [3.05, 3.63) is 83.2 Å². The van der Waals surface area contributed by atoms with Crippen LogP contribution < -0.4 is 16.0 Å². The number of piperazine rings is 1. The van der Waals surface area contributed by atoms with Gasteiger partial charge in [0, 0.05) is 38.3 Å². The number of nitrogens with zero attached hydrogens (tertiary/aromatic N) is 3. The predicted octanol–water partition coefficient (Wildman–Crippen LogP) is 2.77. The minimum Gasteiger partial charge on any atom is -0.369 e. The molecule has 3 N–H and O–H groups in total. The molecule has 1 fully saturated rings. The van der Waals surface area contributed by atoms with E-state index in [0.717, 1.165) is 5.56 Å². The lowest BCUT2D eigenvalue weighted by atomic mass is 10.0. The summed E-state index contributed by atoms with van der Waals surface area (Å²) < 4.78 is 40.1. The number of pyridine rings is 1. The van der Waals surface area contributed by atoms with Crippen molar-refractivity contribution in [1.82, 2.24) is 19.9 Å². The highest BCUT2D eigenvalue weighted by molar-refractivity contribution is 7.89. The van der Waals surface area contributed by atoms with Gasteiger partial charge in [-0.05, 0) is 49.2 Å². The highest BCUT2D eigenvalue weighted by Gasteiger charge is 2.31. The Hall–Kier alpha value is -3.85. The third-order valence-corrected chi connectivity index (χ3v) is 8.50. The number of hydrogen-bond acceptors (Lipinski definition) is 7.